The third-order valence-electron chi connectivity index (χ3n) is 3.11. The van der Waals surface area contributed by atoms with Crippen LogP contribution in [0.25, 0.3) is 0 Å². The molecule has 1 heterocycles. The molecule has 1 rings (SSSR count). The zero-order chi connectivity index (χ0) is 15.0. The third kappa shape index (κ3) is 5.87. The van der Waals surface area contributed by atoms with Gasteiger partial charge >= 0.3 is 18.0 Å². The minimum Gasteiger partial charge on any atom is -0.480 e. The Labute approximate surface area is 117 Å². The maximum Gasteiger partial charge on any atom is 0.326 e. The molecule has 1 aliphatic heterocycles. The van der Waals surface area contributed by atoms with Gasteiger partial charge < -0.3 is 25.4 Å². The second kappa shape index (κ2) is 8.36. The highest BCUT2D eigenvalue weighted by molar-refractivity contribution is 5.86. The quantitative estimate of drug-likeness (QED) is 0.540. The van der Waals surface area contributed by atoms with Gasteiger partial charge in [0.15, 0.2) is 0 Å². The lowest BCUT2D eigenvalue weighted by Crippen LogP contribution is -2.48. The summed E-state index contributed by atoms with van der Waals surface area (Å²) in [5.41, 5.74) is 0. The van der Waals surface area contributed by atoms with Gasteiger partial charge in [0.2, 0.25) is 0 Å². The molecule has 0 spiro atoms. The average molecular weight is 287 g/mol. The molecule has 20 heavy (non-hydrogen) atoms. The van der Waals surface area contributed by atoms with Crippen molar-refractivity contribution >= 4 is 18.0 Å². The van der Waals surface area contributed by atoms with Crippen LogP contribution in [-0.2, 0) is 14.3 Å². The topological polar surface area (TPSA) is 108 Å². The summed E-state index contributed by atoms with van der Waals surface area (Å²) < 4.78 is 4.38. The highest BCUT2D eigenvalue weighted by atomic mass is 16.5. The Hall–Kier alpha value is -1.83. The Morgan fingerprint density at radius 2 is 1.95 bits per heavy atom. The molecule has 1 aliphatic rings. The molecule has 0 unspecified atom stereocenters. The van der Waals surface area contributed by atoms with Crippen molar-refractivity contribution in [3.8, 4) is 0 Å². The Balaban J connectivity index is 2.26. The van der Waals surface area contributed by atoms with E-state index in [1.54, 1.807) is 0 Å². The number of nitrogens with one attached hydrogen (secondary N) is 2. The van der Waals surface area contributed by atoms with Crippen LogP contribution in [0, 0.1) is 0 Å². The number of hydrogen-bond acceptors (Lipinski definition) is 5. The van der Waals surface area contributed by atoms with Gasteiger partial charge in [0.1, 0.15) is 6.04 Å². The molecule has 1 atom stereocenters. The summed E-state index contributed by atoms with van der Waals surface area (Å²) in [5, 5.41) is 13.7. The van der Waals surface area contributed by atoms with Crippen LogP contribution in [0.1, 0.15) is 19.3 Å². The van der Waals surface area contributed by atoms with E-state index in [1.165, 1.54) is 12.8 Å². The molecule has 0 aliphatic carbocycles. The molecule has 114 valence electrons. The first kappa shape index (κ1) is 16.2. The van der Waals surface area contributed by atoms with Crippen LogP contribution in [-0.4, -0.2) is 67.3 Å². The number of carboxylic acid groups (broad SMARTS) is 1. The summed E-state index contributed by atoms with van der Waals surface area (Å²) in [6.45, 7) is 3.24. The first-order chi connectivity index (χ1) is 9.52. The fourth-order valence-electron chi connectivity index (χ4n) is 1.99. The molecule has 8 nitrogen and oxygen atoms in total. The van der Waals surface area contributed by atoms with Gasteiger partial charge in [-0.25, -0.2) is 9.59 Å². The lowest BCUT2D eigenvalue weighted by atomic mass is 10.2. The SMILES string of the molecule is COC(=O)C[C@H](NC(=O)NCCN1CCCC1)C(=O)O. The molecule has 2 amide bonds. The zero-order valence-corrected chi connectivity index (χ0v) is 11.6. The fourth-order valence-corrected chi connectivity index (χ4v) is 1.99. The van der Waals surface area contributed by atoms with Gasteiger partial charge in [-0.2, -0.15) is 0 Å². The minimum atomic E-state index is -1.28. The number of hydrogen-bond donors (Lipinski definition) is 3. The summed E-state index contributed by atoms with van der Waals surface area (Å²) in [5.74, 6) is -1.96. The van der Waals surface area contributed by atoms with E-state index >= 15 is 0 Å². The standard InChI is InChI=1S/C12H21N3O5/c1-20-10(16)8-9(11(17)18)14-12(19)13-4-7-15-5-2-3-6-15/h9H,2-8H2,1H3,(H,17,18)(H2,13,14,19)/t9-/m0/s1. The van der Waals surface area contributed by atoms with Crippen molar-refractivity contribution < 1.29 is 24.2 Å². The Kier molecular flexibility index (Phi) is 6.78. The number of ether oxygens (including phenoxy) is 1. The second-order valence-electron chi connectivity index (χ2n) is 4.62. The number of aliphatic carboxylic acids is 1. The molecule has 0 aromatic rings. The van der Waals surface area contributed by atoms with E-state index in [0.29, 0.717) is 6.54 Å². The normalized spacial score (nSPS) is 16.4. The van der Waals surface area contributed by atoms with Crippen molar-refractivity contribution in [2.75, 3.05) is 33.3 Å². The van der Waals surface area contributed by atoms with E-state index in [0.717, 1.165) is 26.7 Å². The van der Waals surface area contributed by atoms with E-state index in [9.17, 15) is 14.4 Å². The smallest absolute Gasteiger partial charge is 0.326 e. The molecule has 3 N–H and O–H groups in total. The number of carbonyl (C=O) groups is 3. The highest BCUT2D eigenvalue weighted by Gasteiger charge is 2.23. The van der Waals surface area contributed by atoms with E-state index in [-0.39, 0.29) is 0 Å². The van der Waals surface area contributed by atoms with Crippen LogP contribution < -0.4 is 10.6 Å². The molecule has 1 fully saturated rings. The van der Waals surface area contributed by atoms with E-state index in [1.807, 2.05) is 0 Å². The van der Waals surface area contributed by atoms with Gasteiger partial charge in [0, 0.05) is 13.1 Å². The number of likely N-dealkylation sites (tertiary alicyclic amines) is 1. The molecular weight excluding hydrogens is 266 g/mol. The van der Waals surface area contributed by atoms with Crippen molar-refractivity contribution in [1.82, 2.24) is 15.5 Å². The molecule has 1 saturated heterocycles. The minimum absolute atomic E-state index is 0.397. The van der Waals surface area contributed by atoms with Crippen LogP contribution in [0.3, 0.4) is 0 Å². The number of carbonyl (C=O) groups excluding carboxylic acids is 2. The van der Waals surface area contributed by atoms with Crippen molar-refractivity contribution in [2.24, 2.45) is 0 Å². The summed E-state index contributed by atoms with van der Waals surface area (Å²) in [7, 11) is 1.16. The molecule has 0 radical (unpaired) electrons. The monoisotopic (exact) mass is 287 g/mol. The summed E-state index contributed by atoms with van der Waals surface area (Å²) in [6.07, 6.45) is 1.95. The number of esters is 1. The molecular formula is C12H21N3O5. The summed E-state index contributed by atoms with van der Waals surface area (Å²) in [6, 6.07) is -1.88. The van der Waals surface area contributed by atoms with Gasteiger partial charge in [-0.05, 0) is 25.9 Å². The van der Waals surface area contributed by atoms with Crippen LogP contribution >= 0.6 is 0 Å². The molecule has 0 aromatic carbocycles. The van der Waals surface area contributed by atoms with Crippen molar-refractivity contribution in [3.63, 3.8) is 0 Å². The predicted octanol–water partition coefficient (Wildman–Crippen LogP) is -0.602. The van der Waals surface area contributed by atoms with Gasteiger partial charge in [-0.15, -0.1) is 0 Å². The lowest BCUT2D eigenvalue weighted by Gasteiger charge is -2.17. The van der Waals surface area contributed by atoms with E-state index < -0.39 is 30.4 Å². The molecule has 0 aromatic heterocycles. The van der Waals surface area contributed by atoms with Crippen LogP contribution in [0.5, 0.6) is 0 Å². The lowest BCUT2D eigenvalue weighted by molar-refractivity contribution is -0.147. The van der Waals surface area contributed by atoms with Gasteiger partial charge in [-0.3, -0.25) is 4.79 Å². The van der Waals surface area contributed by atoms with Gasteiger partial charge in [-0.1, -0.05) is 0 Å². The second-order valence-corrected chi connectivity index (χ2v) is 4.62. The number of nitrogens with zero attached hydrogens (tertiary/aromatic N) is 1. The van der Waals surface area contributed by atoms with Crippen LogP contribution in [0.2, 0.25) is 0 Å². The van der Waals surface area contributed by atoms with E-state index in [4.69, 9.17) is 5.11 Å². The highest BCUT2D eigenvalue weighted by Crippen LogP contribution is 2.05. The van der Waals surface area contributed by atoms with Crippen LogP contribution in [0.15, 0.2) is 0 Å². The number of amides is 2. The zero-order valence-electron chi connectivity index (χ0n) is 11.6. The fraction of sp³-hybridized carbons (Fsp3) is 0.750. The molecule has 8 heteroatoms. The maximum absolute atomic E-state index is 11.5. The number of rotatable bonds is 7. The average Bonchev–Trinajstić information content (AvgIpc) is 2.90. The largest absolute Gasteiger partial charge is 0.480 e. The van der Waals surface area contributed by atoms with Crippen LogP contribution in [0.4, 0.5) is 4.79 Å². The Bertz CT molecular complexity index is 355. The van der Waals surface area contributed by atoms with Crippen molar-refractivity contribution in [1.29, 1.82) is 0 Å². The first-order valence-electron chi connectivity index (χ1n) is 6.59. The first-order valence-corrected chi connectivity index (χ1v) is 6.59. The Morgan fingerprint density at radius 1 is 1.30 bits per heavy atom. The number of methoxy groups -OCH3 is 1. The van der Waals surface area contributed by atoms with E-state index in [2.05, 4.69) is 20.3 Å². The summed E-state index contributed by atoms with van der Waals surface area (Å²) >= 11 is 0. The third-order valence-corrected chi connectivity index (χ3v) is 3.11. The van der Waals surface area contributed by atoms with Crippen molar-refractivity contribution in [3.05, 3.63) is 0 Å². The molecule has 0 bridgehead atoms. The van der Waals surface area contributed by atoms with Gasteiger partial charge in [0.05, 0.1) is 13.5 Å². The Morgan fingerprint density at radius 3 is 2.50 bits per heavy atom. The predicted molar refractivity (Wildman–Crippen MR) is 70.3 cm³/mol. The number of carboxylic acids is 1. The van der Waals surface area contributed by atoms with Crippen molar-refractivity contribution in [2.45, 2.75) is 25.3 Å². The van der Waals surface area contributed by atoms with Gasteiger partial charge in [0.25, 0.3) is 0 Å². The molecule has 0 saturated carbocycles. The maximum atomic E-state index is 11.5. The summed E-state index contributed by atoms with van der Waals surface area (Å²) in [4.78, 5) is 35.7. The number of urea groups is 1.